The van der Waals surface area contributed by atoms with E-state index in [1.807, 2.05) is 18.2 Å². The zero-order chi connectivity index (χ0) is 17.3. The van der Waals surface area contributed by atoms with Crippen molar-refractivity contribution in [3.05, 3.63) is 24.5 Å². The van der Waals surface area contributed by atoms with Crippen LogP contribution in [-0.2, 0) is 4.74 Å². The smallest absolute Gasteiger partial charge is 0.327 e. The number of benzene rings is 1. The van der Waals surface area contributed by atoms with Gasteiger partial charge in [-0.05, 0) is 31.4 Å². The Morgan fingerprint density at radius 3 is 2.83 bits per heavy atom. The number of hydrogen-bond donors (Lipinski definition) is 1. The fourth-order valence-corrected chi connectivity index (χ4v) is 3.05. The van der Waals surface area contributed by atoms with Crippen LogP contribution in [0.5, 0.6) is 0 Å². The second-order valence-electron chi connectivity index (χ2n) is 7.18. The molecule has 1 fully saturated rings. The maximum Gasteiger partial charge on any atom is 0.327 e. The van der Waals surface area contributed by atoms with Crippen molar-refractivity contribution >= 4 is 22.8 Å². The highest BCUT2D eigenvalue weighted by Crippen LogP contribution is 2.33. The zero-order valence-electron chi connectivity index (χ0n) is 14.9. The lowest BCUT2D eigenvalue weighted by atomic mass is 9.95. The van der Waals surface area contributed by atoms with Crippen LogP contribution in [0.2, 0.25) is 0 Å². The van der Waals surface area contributed by atoms with Gasteiger partial charge in [0.15, 0.2) is 0 Å². The summed E-state index contributed by atoms with van der Waals surface area (Å²) in [5, 5.41) is 2.96. The minimum Gasteiger partial charge on any atom is -0.375 e. The highest BCUT2D eigenvalue weighted by molar-refractivity contribution is 5.95. The third-order valence-corrected chi connectivity index (χ3v) is 4.66. The van der Waals surface area contributed by atoms with Crippen LogP contribution in [0.4, 0.5) is 10.5 Å². The molecular weight excluding hydrogens is 304 g/mol. The first-order chi connectivity index (χ1) is 11.4. The van der Waals surface area contributed by atoms with Crippen molar-refractivity contribution in [2.45, 2.75) is 32.8 Å². The molecule has 1 amide bonds. The summed E-state index contributed by atoms with van der Waals surface area (Å²) in [5.41, 5.74) is 2.64. The van der Waals surface area contributed by atoms with E-state index >= 15 is 0 Å². The summed E-state index contributed by atoms with van der Waals surface area (Å²) in [6.45, 7) is 8.72. The number of amides is 1. The Morgan fingerprint density at radius 2 is 2.17 bits per heavy atom. The molecule has 0 atom stereocenters. The molecule has 6 nitrogen and oxygen atoms in total. The quantitative estimate of drug-likeness (QED) is 0.916. The lowest BCUT2D eigenvalue weighted by Gasteiger charge is -2.48. The Labute approximate surface area is 142 Å². The van der Waals surface area contributed by atoms with Gasteiger partial charge in [0.2, 0.25) is 0 Å². The number of para-hydroxylation sites is 1. The Hall–Kier alpha value is -2.08. The van der Waals surface area contributed by atoms with E-state index in [-0.39, 0.29) is 11.6 Å². The molecule has 2 aromatic rings. The Bertz CT molecular complexity index is 732. The number of rotatable bonds is 5. The first-order valence-electron chi connectivity index (χ1n) is 8.48. The van der Waals surface area contributed by atoms with Gasteiger partial charge in [0.1, 0.15) is 11.8 Å². The fourth-order valence-electron chi connectivity index (χ4n) is 3.05. The van der Waals surface area contributed by atoms with Crippen molar-refractivity contribution in [2.75, 3.05) is 31.6 Å². The van der Waals surface area contributed by atoms with Crippen LogP contribution in [0.1, 0.15) is 27.2 Å². The van der Waals surface area contributed by atoms with E-state index in [2.05, 4.69) is 36.0 Å². The van der Waals surface area contributed by atoms with Crippen LogP contribution < -0.4 is 10.2 Å². The van der Waals surface area contributed by atoms with Crippen molar-refractivity contribution in [3.63, 3.8) is 0 Å². The molecule has 1 aromatic carbocycles. The third-order valence-electron chi connectivity index (χ3n) is 4.66. The highest BCUT2D eigenvalue weighted by atomic mass is 16.5. The van der Waals surface area contributed by atoms with Crippen molar-refractivity contribution < 1.29 is 9.53 Å². The maximum absolute atomic E-state index is 12.4. The summed E-state index contributed by atoms with van der Waals surface area (Å²) < 4.78 is 7.10. The van der Waals surface area contributed by atoms with Crippen LogP contribution in [0, 0.1) is 5.92 Å². The molecule has 0 bridgehead atoms. The van der Waals surface area contributed by atoms with Crippen molar-refractivity contribution in [1.82, 2.24) is 14.9 Å². The number of carbonyl (C=O) groups is 1. The van der Waals surface area contributed by atoms with Gasteiger partial charge in [-0.1, -0.05) is 19.9 Å². The van der Waals surface area contributed by atoms with Crippen molar-refractivity contribution in [2.24, 2.45) is 5.92 Å². The van der Waals surface area contributed by atoms with Crippen LogP contribution in [0.15, 0.2) is 24.5 Å². The Morgan fingerprint density at radius 1 is 1.42 bits per heavy atom. The summed E-state index contributed by atoms with van der Waals surface area (Å²) >= 11 is 0. The van der Waals surface area contributed by atoms with Gasteiger partial charge in [-0.3, -0.25) is 4.57 Å². The van der Waals surface area contributed by atoms with E-state index in [0.717, 1.165) is 36.2 Å². The summed E-state index contributed by atoms with van der Waals surface area (Å²) in [5.74, 6) is 0.568. The van der Waals surface area contributed by atoms with Gasteiger partial charge in [0, 0.05) is 26.7 Å². The number of hydrogen-bond acceptors (Lipinski definition) is 4. The fraction of sp³-hybridized carbons (Fsp3) is 0.556. The predicted molar refractivity (Wildman–Crippen MR) is 95.6 cm³/mol. The molecule has 2 heterocycles. The van der Waals surface area contributed by atoms with Gasteiger partial charge < -0.3 is 15.0 Å². The van der Waals surface area contributed by atoms with Crippen LogP contribution in [-0.4, -0.2) is 47.9 Å². The molecule has 1 aliphatic heterocycles. The molecule has 0 spiro atoms. The third kappa shape index (κ3) is 3.11. The minimum atomic E-state index is -0.124. The van der Waals surface area contributed by atoms with Gasteiger partial charge >= 0.3 is 6.03 Å². The van der Waals surface area contributed by atoms with Crippen LogP contribution in [0.25, 0.3) is 11.0 Å². The number of aromatic nitrogens is 2. The molecule has 1 aromatic heterocycles. The van der Waals surface area contributed by atoms with E-state index in [9.17, 15) is 4.79 Å². The van der Waals surface area contributed by atoms with Crippen molar-refractivity contribution in [1.29, 1.82) is 0 Å². The first kappa shape index (κ1) is 16.8. The number of fused-ring (bicyclic) bond motifs is 1. The van der Waals surface area contributed by atoms with E-state index in [0.29, 0.717) is 12.5 Å². The van der Waals surface area contributed by atoms with E-state index < -0.39 is 0 Å². The molecule has 1 aliphatic rings. The number of nitrogens with one attached hydrogen (secondary N) is 1. The van der Waals surface area contributed by atoms with Gasteiger partial charge in [0.05, 0.1) is 16.8 Å². The monoisotopic (exact) mass is 330 g/mol. The molecule has 130 valence electrons. The zero-order valence-corrected chi connectivity index (χ0v) is 14.9. The van der Waals surface area contributed by atoms with Gasteiger partial charge in [0.25, 0.3) is 0 Å². The average Bonchev–Trinajstić information content (AvgIpc) is 2.95. The molecule has 3 rings (SSSR count). The van der Waals surface area contributed by atoms with Gasteiger partial charge in [-0.25, -0.2) is 9.78 Å². The molecule has 0 unspecified atom stereocenters. The molecule has 0 radical (unpaired) electrons. The lowest BCUT2D eigenvalue weighted by Crippen LogP contribution is -2.61. The number of anilines is 1. The standard InChI is InChI=1S/C18H26N4O2/c1-13(2)8-9-19-17(23)22-12-20-16-14(6-5-7-15(16)22)21-10-18(3,11-21)24-4/h5-7,12-13H,8-11H2,1-4H3,(H,19,23). The van der Waals surface area contributed by atoms with E-state index in [1.165, 1.54) is 0 Å². The molecule has 1 saturated heterocycles. The SMILES string of the molecule is COC1(C)CN(c2cccc3c2ncn3C(=O)NCCC(C)C)C1. The minimum absolute atomic E-state index is 0.0983. The normalized spacial score (nSPS) is 16.5. The number of carbonyl (C=O) groups excluding carboxylic acids is 1. The largest absolute Gasteiger partial charge is 0.375 e. The molecule has 0 saturated carbocycles. The summed E-state index contributed by atoms with van der Waals surface area (Å²) in [6, 6.07) is 5.83. The van der Waals surface area contributed by atoms with Crippen LogP contribution in [0.3, 0.4) is 0 Å². The summed E-state index contributed by atoms with van der Waals surface area (Å²) in [6.07, 6.45) is 2.57. The first-order valence-corrected chi connectivity index (χ1v) is 8.48. The number of methoxy groups -OCH3 is 1. The lowest BCUT2D eigenvalue weighted by molar-refractivity contribution is -0.0166. The van der Waals surface area contributed by atoms with Crippen molar-refractivity contribution in [3.8, 4) is 0 Å². The predicted octanol–water partition coefficient (Wildman–Crippen LogP) is 2.87. The average molecular weight is 330 g/mol. The molecular formula is C18H26N4O2. The van der Waals surface area contributed by atoms with E-state index in [4.69, 9.17) is 4.74 Å². The van der Waals surface area contributed by atoms with Gasteiger partial charge in [-0.15, -0.1) is 0 Å². The number of ether oxygens (including phenoxy) is 1. The molecule has 0 aliphatic carbocycles. The molecule has 1 N–H and O–H groups in total. The number of nitrogens with zero attached hydrogens (tertiary/aromatic N) is 3. The van der Waals surface area contributed by atoms with E-state index in [1.54, 1.807) is 18.0 Å². The summed E-state index contributed by atoms with van der Waals surface area (Å²) in [4.78, 5) is 19.1. The molecule has 24 heavy (non-hydrogen) atoms. The Kier molecular flexibility index (Phi) is 4.49. The second kappa shape index (κ2) is 6.43. The second-order valence-corrected chi connectivity index (χ2v) is 7.18. The molecule has 6 heteroatoms. The summed E-state index contributed by atoms with van der Waals surface area (Å²) in [7, 11) is 1.74. The maximum atomic E-state index is 12.4. The topological polar surface area (TPSA) is 59.4 Å². The van der Waals surface area contributed by atoms with Crippen LogP contribution >= 0.6 is 0 Å². The van der Waals surface area contributed by atoms with Gasteiger partial charge in [-0.2, -0.15) is 0 Å². The Balaban J connectivity index is 1.78. The number of imidazole rings is 1. The highest BCUT2D eigenvalue weighted by Gasteiger charge is 2.39.